The van der Waals surface area contributed by atoms with Crippen LogP contribution in [-0.4, -0.2) is 7.11 Å². The van der Waals surface area contributed by atoms with E-state index in [0.717, 1.165) is 22.7 Å². The van der Waals surface area contributed by atoms with Gasteiger partial charge in [-0.1, -0.05) is 48.0 Å². The van der Waals surface area contributed by atoms with Gasteiger partial charge in [0.05, 0.1) is 12.1 Å². The number of rotatable bonds is 9. The second kappa shape index (κ2) is 10.7. The van der Waals surface area contributed by atoms with Crippen LogP contribution < -0.4 is 19.5 Å². The summed E-state index contributed by atoms with van der Waals surface area (Å²) < 4.78 is 30.9. The summed E-state index contributed by atoms with van der Waals surface area (Å²) in [5.41, 5.74) is 2.30. The Labute approximate surface area is 197 Å². The average molecular weight is 464 g/mol. The van der Waals surface area contributed by atoms with Crippen molar-refractivity contribution in [2.24, 2.45) is 0 Å². The molecule has 0 heterocycles. The molecule has 4 aromatic rings. The summed E-state index contributed by atoms with van der Waals surface area (Å²) in [5, 5.41) is 3.75. The maximum absolute atomic E-state index is 13.9. The number of nitrogens with one attached hydrogen (secondary N) is 1. The van der Waals surface area contributed by atoms with Crippen molar-refractivity contribution in [1.82, 2.24) is 0 Å². The van der Waals surface area contributed by atoms with Gasteiger partial charge in [-0.3, -0.25) is 0 Å². The third kappa shape index (κ3) is 5.96. The number of hydrogen-bond donors (Lipinski definition) is 1. The second-order valence-electron chi connectivity index (χ2n) is 7.28. The number of benzene rings is 4. The molecule has 168 valence electrons. The van der Waals surface area contributed by atoms with Crippen molar-refractivity contribution >= 4 is 17.3 Å². The fourth-order valence-electron chi connectivity index (χ4n) is 3.25. The first-order valence-electron chi connectivity index (χ1n) is 10.4. The van der Waals surface area contributed by atoms with Crippen LogP contribution in [0.15, 0.2) is 91.0 Å². The van der Waals surface area contributed by atoms with Crippen molar-refractivity contribution in [2.45, 2.75) is 13.2 Å². The maximum Gasteiger partial charge on any atom is 0.180 e. The molecule has 0 bridgehead atoms. The summed E-state index contributed by atoms with van der Waals surface area (Å²) in [5.74, 6) is 2.09. The van der Waals surface area contributed by atoms with Crippen molar-refractivity contribution in [3.63, 3.8) is 0 Å². The number of anilines is 1. The third-order valence-electron chi connectivity index (χ3n) is 4.95. The molecule has 4 rings (SSSR count). The lowest BCUT2D eigenvalue weighted by Gasteiger charge is -2.15. The van der Waals surface area contributed by atoms with Gasteiger partial charge in [-0.25, -0.2) is 4.39 Å². The van der Waals surface area contributed by atoms with Gasteiger partial charge in [-0.2, -0.15) is 0 Å². The Bertz CT molecular complexity index is 1200. The second-order valence-corrected chi connectivity index (χ2v) is 7.69. The first kappa shape index (κ1) is 22.5. The first-order valence-corrected chi connectivity index (χ1v) is 10.8. The van der Waals surface area contributed by atoms with Crippen LogP contribution in [0.2, 0.25) is 5.02 Å². The standard InChI is InChI=1S/C27H23ClFNO3/c1-31-26-16-19(15-24(28)27(26)32-18-20-7-5-6-10-25(20)29)17-30-21-11-13-23(14-12-21)33-22-8-3-2-4-9-22/h2-16,30H,17-18H2,1H3. The zero-order chi connectivity index (χ0) is 23.0. The maximum atomic E-state index is 13.9. The Morgan fingerprint density at radius 2 is 1.55 bits per heavy atom. The van der Waals surface area contributed by atoms with Crippen molar-refractivity contribution in [1.29, 1.82) is 0 Å². The van der Waals surface area contributed by atoms with Gasteiger partial charge >= 0.3 is 0 Å². The molecule has 4 aromatic carbocycles. The largest absolute Gasteiger partial charge is 0.493 e. The highest BCUT2D eigenvalue weighted by Crippen LogP contribution is 2.37. The van der Waals surface area contributed by atoms with E-state index < -0.39 is 0 Å². The Kier molecular flexibility index (Phi) is 7.33. The van der Waals surface area contributed by atoms with E-state index in [9.17, 15) is 4.39 Å². The summed E-state index contributed by atoms with van der Waals surface area (Å²) in [6, 6.07) is 27.5. The summed E-state index contributed by atoms with van der Waals surface area (Å²) in [4.78, 5) is 0. The molecule has 0 aliphatic heterocycles. The molecular weight excluding hydrogens is 441 g/mol. The molecule has 0 radical (unpaired) electrons. The zero-order valence-electron chi connectivity index (χ0n) is 18.1. The lowest BCUT2D eigenvalue weighted by molar-refractivity contribution is 0.280. The van der Waals surface area contributed by atoms with Gasteiger partial charge in [0, 0.05) is 17.8 Å². The van der Waals surface area contributed by atoms with Crippen molar-refractivity contribution in [2.75, 3.05) is 12.4 Å². The molecule has 0 saturated heterocycles. The molecule has 33 heavy (non-hydrogen) atoms. The summed E-state index contributed by atoms with van der Waals surface area (Å²) >= 11 is 6.46. The molecule has 0 amide bonds. The van der Waals surface area contributed by atoms with Crippen LogP contribution in [0.3, 0.4) is 0 Å². The Balaban J connectivity index is 1.39. The van der Waals surface area contributed by atoms with Gasteiger partial charge in [-0.05, 0) is 60.2 Å². The molecule has 0 fully saturated rings. The van der Waals surface area contributed by atoms with Gasteiger partial charge < -0.3 is 19.5 Å². The van der Waals surface area contributed by atoms with Crippen molar-refractivity contribution < 1.29 is 18.6 Å². The van der Waals surface area contributed by atoms with Crippen molar-refractivity contribution in [3.05, 3.63) is 113 Å². The SMILES string of the molecule is COc1cc(CNc2ccc(Oc3ccccc3)cc2)cc(Cl)c1OCc1ccccc1F. The van der Waals surface area contributed by atoms with Crippen LogP contribution in [0.5, 0.6) is 23.0 Å². The number of hydrogen-bond acceptors (Lipinski definition) is 4. The Morgan fingerprint density at radius 1 is 0.848 bits per heavy atom. The normalized spacial score (nSPS) is 10.5. The molecule has 0 aliphatic carbocycles. The molecule has 0 atom stereocenters. The minimum Gasteiger partial charge on any atom is -0.493 e. The topological polar surface area (TPSA) is 39.7 Å². The van der Waals surface area contributed by atoms with E-state index in [0.29, 0.717) is 28.6 Å². The highest BCUT2D eigenvalue weighted by molar-refractivity contribution is 6.32. The number of halogens is 2. The Morgan fingerprint density at radius 3 is 2.27 bits per heavy atom. The number of ether oxygens (including phenoxy) is 3. The lowest BCUT2D eigenvalue weighted by Crippen LogP contribution is -2.03. The van der Waals surface area contributed by atoms with Gasteiger partial charge in [0.15, 0.2) is 11.5 Å². The highest BCUT2D eigenvalue weighted by atomic mass is 35.5. The fraction of sp³-hybridized carbons (Fsp3) is 0.111. The van der Waals surface area contributed by atoms with Crippen LogP contribution in [0.25, 0.3) is 0 Å². The molecule has 0 saturated carbocycles. The van der Waals surface area contributed by atoms with Crippen LogP contribution in [0.4, 0.5) is 10.1 Å². The summed E-state index contributed by atoms with van der Waals surface area (Å²) in [6.45, 7) is 0.584. The number of methoxy groups -OCH3 is 1. The lowest BCUT2D eigenvalue weighted by atomic mass is 10.2. The smallest absolute Gasteiger partial charge is 0.180 e. The Hall–Kier alpha value is -3.70. The molecule has 0 spiro atoms. The molecule has 4 nitrogen and oxygen atoms in total. The number of para-hydroxylation sites is 1. The molecular formula is C27H23ClFNO3. The van der Waals surface area contributed by atoms with Crippen LogP contribution in [0.1, 0.15) is 11.1 Å². The van der Waals surface area contributed by atoms with Gasteiger partial charge in [0.2, 0.25) is 0 Å². The third-order valence-corrected chi connectivity index (χ3v) is 5.23. The molecule has 1 N–H and O–H groups in total. The van der Waals surface area contributed by atoms with E-state index in [-0.39, 0.29) is 12.4 Å². The van der Waals surface area contributed by atoms with E-state index in [1.54, 1.807) is 31.4 Å². The van der Waals surface area contributed by atoms with E-state index >= 15 is 0 Å². The summed E-state index contributed by atoms with van der Waals surface area (Å²) in [7, 11) is 1.55. The van der Waals surface area contributed by atoms with Gasteiger partial charge in [-0.15, -0.1) is 0 Å². The highest BCUT2D eigenvalue weighted by Gasteiger charge is 2.13. The van der Waals surface area contributed by atoms with Crippen molar-refractivity contribution in [3.8, 4) is 23.0 Å². The zero-order valence-corrected chi connectivity index (χ0v) is 18.8. The molecule has 6 heteroatoms. The minimum absolute atomic E-state index is 0.0533. The molecule has 0 unspecified atom stereocenters. The summed E-state index contributed by atoms with van der Waals surface area (Å²) in [6.07, 6.45) is 0. The minimum atomic E-state index is -0.325. The van der Waals surface area contributed by atoms with Crippen LogP contribution >= 0.6 is 11.6 Å². The van der Waals surface area contributed by atoms with E-state index in [2.05, 4.69) is 5.32 Å². The average Bonchev–Trinajstić information content (AvgIpc) is 2.84. The molecule has 0 aliphatic rings. The fourth-order valence-corrected chi connectivity index (χ4v) is 3.54. The van der Waals surface area contributed by atoms with E-state index in [4.69, 9.17) is 25.8 Å². The van der Waals surface area contributed by atoms with Gasteiger partial charge in [0.1, 0.15) is 23.9 Å². The van der Waals surface area contributed by atoms with E-state index in [1.807, 2.05) is 60.7 Å². The predicted octanol–water partition coefficient (Wildman–Crippen LogP) is 7.47. The first-order chi connectivity index (χ1) is 16.1. The quantitative estimate of drug-likeness (QED) is 0.279. The van der Waals surface area contributed by atoms with Gasteiger partial charge in [0.25, 0.3) is 0 Å². The predicted molar refractivity (Wildman–Crippen MR) is 129 cm³/mol. The van der Waals surface area contributed by atoms with Crippen LogP contribution in [0, 0.1) is 5.82 Å². The van der Waals surface area contributed by atoms with Crippen LogP contribution in [-0.2, 0) is 13.2 Å². The monoisotopic (exact) mass is 463 g/mol. The van der Waals surface area contributed by atoms with E-state index in [1.165, 1.54) is 6.07 Å². The molecule has 0 aromatic heterocycles.